The van der Waals surface area contributed by atoms with Gasteiger partial charge < -0.3 is 15.5 Å². The van der Waals surface area contributed by atoms with Crippen LogP contribution >= 0.6 is 0 Å². The van der Waals surface area contributed by atoms with Gasteiger partial charge in [0.15, 0.2) is 0 Å². The quantitative estimate of drug-likeness (QED) is 0.651. The molecule has 2 N–H and O–H groups in total. The zero-order chi connectivity index (χ0) is 18.4. The van der Waals surface area contributed by atoms with Crippen LogP contribution in [0.5, 0.6) is 0 Å². The maximum atomic E-state index is 12.1. The van der Waals surface area contributed by atoms with E-state index in [1.54, 1.807) is 6.20 Å². The second kappa shape index (κ2) is 8.56. The lowest BCUT2D eigenvalue weighted by Crippen LogP contribution is -2.25. The van der Waals surface area contributed by atoms with Gasteiger partial charge in [-0.25, -0.2) is 0 Å². The number of carbonyl (C=O) groups is 1. The van der Waals surface area contributed by atoms with Crippen molar-refractivity contribution in [1.29, 1.82) is 0 Å². The van der Waals surface area contributed by atoms with Crippen LogP contribution in [-0.2, 0) is 4.79 Å². The van der Waals surface area contributed by atoms with Crippen LogP contribution in [0, 0.1) is 0 Å². The van der Waals surface area contributed by atoms with E-state index >= 15 is 0 Å². The minimum Gasteiger partial charge on any atom is -0.372 e. The molecule has 1 heterocycles. The monoisotopic (exact) mass is 349 g/mol. The molecule has 0 atom stereocenters. The molecule has 0 saturated carbocycles. The molecule has 1 aliphatic rings. The zero-order valence-electron chi connectivity index (χ0n) is 15.6. The van der Waals surface area contributed by atoms with Gasteiger partial charge in [0, 0.05) is 41.9 Å². The Morgan fingerprint density at radius 2 is 1.77 bits per heavy atom. The van der Waals surface area contributed by atoms with Crippen molar-refractivity contribution in [3.63, 3.8) is 0 Å². The van der Waals surface area contributed by atoms with E-state index in [0.717, 1.165) is 36.4 Å². The summed E-state index contributed by atoms with van der Waals surface area (Å²) in [7, 11) is 0. The van der Waals surface area contributed by atoms with Crippen molar-refractivity contribution in [2.24, 2.45) is 0 Å². The van der Waals surface area contributed by atoms with Gasteiger partial charge in [-0.2, -0.15) is 0 Å². The lowest BCUT2D eigenvalue weighted by Gasteiger charge is -2.24. The summed E-state index contributed by atoms with van der Waals surface area (Å²) < 4.78 is 0. The number of unbranched alkanes of at least 4 members (excludes halogenated alkanes) is 1. The molecule has 0 saturated heterocycles. The smallest absolute Gasteiger partial charge is 0.257 e. The lowest BCUT2D eigenvalue weighted by molar-refractivity contribution is -0.110. The molecule has 0 aromatic heterocycles. The summed E-state index contributed by atoms with van der Waals surface area (Å²) in [6.45, 7) is 6.61. The molecule has 4 heteroatoms. The summed E-state index contributed by atoms with van der Waals surface area (Å²) in [5.41, 5.74) is 4.70. The van der Waals surface area contributed by atoms with Gasteiger partial charge in [0.1, 0.15) is 0 Å². The highest BCUT2D eigenvalue weighted by Gasteiger charge is 2.23. The van der Waals surface area contributed by atoms with Crippen LogP contribution in [0.4, 0.5) is 17.1 Å². The fourth-order valence-electron chi connectivity index (χ4n) is 3.20. The minimum absolute atomic E-state index is 0.0657. The SMILES string of the molecule is CCCCN(CCC)c1ccc(NC=C2C(=O)Nc3ccccc32)cc1. The fraction of sp³-hybridized carbons (Fsp3) is 0.318. The normalized spacial score (nSPS) is 14.2. The summed E-state index contributed by atoms with van der Waals surface area (Å²) in [6, 6.07) is 16.2. The first-order chi connectivity index (χ1) is 12.7. The van der Waals surface area contributed by atoms with Gasteiger partial charge in [-0.3, -0.25) is 4.79 Å². The van der Waals surface area contributed by atoms with Crippen molar-refractivity contribution < 1.29 is 4.79 Å². The molecular weight excluding hydrogens is 322 g/mol. The largest absolute Gasteiger partial charge is 0.372 e. The summed E-state index contributed by atoms with van der Waals surface area (Å²) in [5.74, 6) is -0.0657. The van der Waals surface area contributed by atoms with Gasteiger partial charge in [-0.05, 0) is 43.2 Å². The minimum atomic E-state index is -0.0657. The maximum absolute atomic E-state index is 12.1. The second-order valence-corrected chi connectivity index (χ2v) is 6.59. The van der Waals surface area contributed by atoms with E-state index in [-0.39, 0.29) is 5.91 Å². The number of anilines is 3. The van der Waals surface area contributed by atoms with Gasteiger partial charge in [0.05, 0.1) is 5.57 Å². The molecule has 0 radical (unpaired) electrons. The third-order valence-electron chi connectivity index (χ3n) is 4.60. The van der Waals surface area contributed by atoms with Crippen LogP contribution in [0.25, 0.3) is 5.57 Å². The van der Waals surface area contributed by atoms with Gasteiger partial charge >= 0.3 is 0 Å². The third-order valence-corrected chi connectivity index (χ3v) is 4.60. The molecule has 0 spiro atoms. The summed E-state index contributed by atoms with van der Waals surface area (Å²) in [4.78, 5) is 14.6. The van der Waals surface area contributed by atoms with E-state index in [0.29, 0.717) is 5.57 Å². The highest BCUT2D eigenvalue weighted by molar-refractivity contribution is 6.31. The molecule has 0 aliphatic carbocycles. The molecule has 2 aromatic rings. The number of benzene rings is 2. The van der Waals surface area contributed by atoms with Crippen molar-refractivity contribution in [1.82, 2.24) is 0 Å². The topological polar surface area (TPSA) is 44.4 Å². The summed E-state index contributed by atoms with van der Waals surface area (Å²) >= 11 is 0. The van der Waals surface area contributed by atoms with Gasteiger partial charge in [0.2, 0.25) is 0 Å². The molecule has 0 bridgehead atoms. The first-order valence-corrected chi connectivity index (χ1v) is 9.45. The summed E-state index contributed by atoms with van der Waals surface area (Å²) in [5, 5.41) is 6.15. The Balaban J connectivity index is 1.70. The van der Waals surface area contributed by atoms with E-state index in [1.807, 2.05) is 24.3 Å². The van der Waals surface area contributed by atoms with Crippen molar-refractivity contribution in [3.05, 3.63) is 60.3 Å². The van der Waals surface area contributed by atoms with E-state index < -0.39 is 0 Å². The Morgan fingerprint density at radius 3 is 2.50 bits per heavy atom. The average molecular weight is 349 g/mol. The highest BCUT2D eigenvalue weighted by atomic mass is 16.2. The Bertz CT molecular complexity index is 780. The molecule has 4 nitrogen and oxygen atoms in total. The highest BCUT2D eigenvalue weighted by Crippen LogP contribution is 2.31. The number of rotatable bonds is 8. The Hall–Kier alpha value is -2.75. The number of para-hydroxylation sites is 1. The van der Waals surface area contributed by atoms with Gasteiger partial charge in [0.25, 0.3) is 5.91 Å². The van der Waals surface area contributed by atoms with Crippen LogP contribution in [0.3, 0.4) is 0 Å². The molecule has 0 unspecified atom stereocenters. The molecule has 136 valence electrons. The average Bonchev–Trinajstić information content (AvgIpc) is 2.99. The van der Waals surface area contributed by atoms with Crippen molar-refractivity contribution in [2.45, 2.75) is 33.1 Å². The number of amides is 1. The standard InChI is InChI=1S/C22H27N3O/c1-3-5-15-25(14-4-2)18-12-10-17(11-13-18)23-16-20-19-8-6-7-9-21(19)24-22(20)26/h6-13,16,23H,3-5,14-15H2,1-2H3,(H,24,26). The van der Waals surface area contributed by atoms with Gasteiger partial charge in [-0.15, -0.1) is 0 Å². The zero-order valence-corrected chi connectivity index (χ0v) is 15.6. The molecule has 0 fully saturated rings. The first-order valence-electron chi connectivity index (χ1n) is 9.45. The maximum Gasteiger partial charge on any atom is 0.257 e. The molecular formula is C22H27N3O. The number of fused-ring (bicyclic) bond motifs is 1. The fourth-order valence-corrected chi connectivity index (χ4v) is 3.20. The first kappa shape index (κ1) is 18.1. The number of nitrogens with one attached hydrogen (secondary N) is 2. The molecule has 1 amide bonds. The molecule has 1 aliphatic heterocycles. The van der Waals surface area contributed by atoms with E-state index in [9.17, 15) is 4.79 Å². The van der Waals surface area contributed by atoms with Gasteiger partial charge in [-0.1, -0.05) is 38.5 Å². The molecule has 26 heavy (non-hydrogen) atoms. The van der Waals surface area contributed by atoms with E-state index in [4.69, 9.17) is 0 Å². The van der Waals surface area contributed by atoms with Crippen molar-refractivity contribution in [2.75, 3.05) is 28.6 Å². The molecule has 2 aromatic carbocycles. The van der Waals surface area contributed by atoms with Crippen LogP contribution < -0.4 is 15.5 Å². The van der Waals surface area contributed by atoms with E-state index in [1.165, 1.54) is 18.5 Å². The lowest BCUT2D eigenvalue weighted by atomic mass is 10.1. The predicted octanol–water partition coefficient (Wildman–Crippen LogP) is 5.11. The van der Waals surface area contributed by atoms with Crippen LogP contribution in [0.1, 0.15) is 38.7 Å². The molecule has 3 rings (SSSR count). The third kappa shape index (κ3) is 4.07. The van der Waals surface area contributed by atoms with Crippen LogP contribution in [0.15, 0.2) is 54.7 Å². The van der Waals surface area contributed by atoms with Crippen LogP contribution in [-0.4, -0.2) is 19.0 Å². The summed E-state index contributed by atoms with van der Waals surface area (Å²) in [6.07, 6.45) is 5.35. The number of hydrogen-bond acceptors (Lipinski definition) is 3. The predicted molar refractivity (Wildman–Crippen MR) is 111 cm³/mol. The Labute approximate surface area is 155 Å². The van der Waals surface area contributed by atoms with Crippen molar-refractivity contribution in [3.8, 4) is 0 Å². The Kier molecular flexibility index (Phi) is 5.95. The number of hydrogen-bond donors (Lipinski definition) is 2. The van der Waals surface area contributed by atoms with Crippen molar-refractivity contribution >= 4 is 28.5 Å². The number of carbonyl (C=O) groups excluding carboxylic acids is 1. The van der Waals surface area contributed by atoms with E-state index in [2.05, 4.69) is 53.6 Å². The second-order valence-electron chi connectivity index (χ2n) is 6.59. The van der Waals surface area contributed by atoms with Crippen LogP contribution in [0.2, 0.25) is 0 Å². The number of nitrogens with zero attached hydrogens (tertiary/aromatic N) is 1. The Morgan fingerprint density at radius 1 is 1.00 bits per heavy atom.